The van der Waals surface area contributed by atoms with Crippen LogP contribution in [0.3, 0.4) is 0 Å². The average molecular weight is 874 g/mol. The number of nitrogens with two attached hydrogens (primary N) is 1. The number of benzene rings is 2. The van der Waals surface area contributed by atoms with Gasteiger partial charge in [-0.15, -0.1) is 0 Å². The van der Waals surface area contributed by atoms with Gasteiger partial charge in [0.1, 0.15) is 29.2 Å². The number of aromatic amines is 1. The van der Waals surface area contributed by atoms with Gasteiger partial charge in [-0.05, 0) is 48.6 Å². The van der Waals surface area contributed by atoms with Gasteiger partial charge in [-0.1, -0.05) is 23.5 Å². The summed E-state index contributed by atoms with van der Waals surface area (Å²) in [5, 5.41) is 11.8. The van der Waals surface area contributed by atoms with Gasteiger partial charge in [-0.2, -0.15) is 32.1 Å². The van der Waals surface area contributed by atoms with Crippen LogP contribution in [0.2, 0.25) is 0 Å². The molecule has 5 heterocycles. The third kappa shape index (κ3) is 6.77. The van der Waals surface area contributed by atoms with Crippen molar-refractivity contribution in [3.63, 3.8) is 0 Å². The Morgan fingerprint density at radius 1 is 1.10 bits per heavy atom. The molecule has 2 aliphatic carbocycles. The van der Waals surface area contributed by atoms with Crippen molar-refractivity contribution in [2.24, 2.45) is 18.7 Å². The number of carbonyl (C=O) groups excluding carboxylic acids is 1. The molecule has 4 atom stereocenters. The highest BCUT2D eigenvalue weighted by atomic mass is 32.2. The van der Waals surface area contributed by atoms with Crippen molar-refractivity contribution >= 4 is 59.5 Å². The van der Waals surface area contributed by atoms with E-state index < -0.39 is 86.8 Å². The molecule has 14 nitrogen and oxygen atoms in total. The molecule has 0 radical (unpaired) electrons. The van der Waals surface area contributed by atoms with Crippen molar-refractivity contribution < 1.29 is 43.9 Å². The van der Waals surface area contributed by atoms with Gasteiger partial charge in [-0.3, -0.25) is 14.2 Å². The number of nitrogens with zero attached hydrogens (tertiary/aromatic N) is 7. The van der Waals surface area contributed by atoms with Crippen LogP contribution in [-0.2, 0) is 46.9 Å². The number of amides is 1. The van der Waals surface area contributed by atoms with E-state index in [9.17, 15) is 35.2 Å². The zero-order chi connectivity index (χ0) is 42.6. The number of H-pyrrole nitrogens is 1. The number of anilines is 2. The second kappa shape index (κ2) is 13.7. The van der Waals surface area contributed by atoms with E-state index in [0.29, 0.717) is 42.9 Å². The summed E-state index contributed by atoms with van der Waals surface area (Å²) in [6.07, 6.45) is -1.91. The molecule has 7 aromatic rings. The number of aryl methyl sites for hydroxylation is 1. The number of pyridine rings is 1. The van der Waals surface area contributed by atoms with Crippen molar-refractivity contribution in [1.29, 1.82) is 0 Å². The third-order valence-electron chi connectivity index (χ3n) is 10.6. The molecule has 5 N–H and O–H groups in total. The van der Waals surface area contributed by atoms with Gasteiger partial charge < -0.3 is 16.0 Å². The van der Waals surface area contributed by atoms with Gasteiger partial charge in [0.05, 0.1) is 28.7 Å². The Morgan fingerprint density at radius 2 is 1.85 bits per heavy atom. The highest BCUT2D eigenvalue weighted by Crippen LogP contribution is 2.69. The first-order chi connectivity index (χ1) is 28.3. The maximum atomic E-state index is 16.1. The largest absolute Gasteiger partial charge is 0.435 e. The number of carbonyl (C=O) groups is 1. The van der Waals surface area contributed by atoms with Crippen LogP contribution in [-0.4, -0.2) is 60.1 Å². The Morgan fingerprint density at radius 3 is 2.52 bits per heavy atom. The lowest BCUT2D eigenvalue weighted by atomic mass is 9.84. The van der Waals surface area contributed by atoms with Gasteiger partial charge in [0.25, 0.3) is 5.92 Å². The van der Waals surface area contributed by atoms with E-state index in [1.54, 1.807) is 36.7 Å². The standard InChI is InChI=1S/C37H30F7N11O3S2/c1-54-28-18(4-3-5-19(28)33(52-54)53-60(2,57)58)20-13-24-34(50-35(59-24)48-14-25-46-6-7-47-25)49-27(20)22(10-15-8-16(38)11-17(39)9-15)29(32(45)56)55-31-26(30(51-55)37(42,43)44)21-12-23(21)36(31,40)41/h3-9,11,13,21-23,29H,10,12,14H2,1-2H3,(H2,45,56)(H,46,47)(H,52,53)(H,48,49,50)/t21-,22+,23+,29?/m0/s1. The number of aromatic nitrogens is 8. The zero-order valence-corrected chi connectivity index (χ0v) is 32.7. The summed E-state index contributed by atoms with van der Waals surface area (Å²) in [6, 6.07) is 6.63. The van der Waals surface area contributed by atoms with Gasteiger partial charge in [0, 0.05) is 59.4 Å². The molecule has 5 aromatic heterocycles. The van der Waals surface area contributed by atoms with Crippen LogP contribution >= 0.6 is 11.3 Å². The van der Waals surface area contributed by atoms with Crippen LogP contribution in [0, 0.1) is 17.6 Å². The van der Waals surface area contributed by atoms with Gasteiger partial charge in [0.2, 0.25) is 15.9 Å². The Hall–Kier alpha value is -6.10. The fourth-order valence-electron chi connectivity index (χ4n) is 8.27. The summed E-state index contributed by atoms with van der Waals surface area (Å²) in [7, 11) is -2.32. The Labute approximate surface area is 338 Å². The zero-order valence-electron chi connectivity index (χ0n) is 31.0. The quantitative estimate of drug-likeness (QED) is 0.0968. The lowest BCUT2D eigenvalue weighted by Crippen LogP contribution is -2.37. The lowest BCUT2D eigenvalue weighted by molar-refractivity contribution is -0.142. The number of para-hydroxylation sites is 1. The molecular formula is C37H30F7N11O3S2. The first-order valence-corrected chi connectivity index (χ1v) is 20.8. The predicted molar refractivity (Wildman–Crippen MR) is 205 cm³/mol. The second-order valence-electron chi connectivity index (χ2n) is 14.8. The van der Waals surface area contributed by atoms with Crippen LogP contribution in [0.15, 0.2) is 54.9 Å². The molecular weight excluding hydrogens is 844 g/mol. The molecule has 2 aromatic carbocycles. The van der Waals surface area contributed by atoms with E-state index in [-0.39, 0.29) is 41.3 Å². The molecule has 0 saturated heterocycles. The average Bonchev–Trinajstić information content (AvgIpc) is 3.54. The smallest absolute Gasteiger partial charge is 0.368 e. The molecule has 0 aliphatic heterocycles. The van der Waals surface area contributed by atoms with Crippen LogP contribution in [0.1, 0.15) is 58.3 Å². The molecule has 9 rings (SSSR count). The van der Waals surface area contributed by atoms with Crippen LogP contribution in [0.5, 0.6) is 0 Å². The topological polar surface area (TPSA) is 191 Å². The molecule has 1 amide bonds. The molecule has 312 valence electrons. The van der Waals surface area contributed by atoms with Crippen molar-refractivity contribution in [2.75, 3.05) is 16.3 Å². The summed E-state index contributed by atoms with van der Waals surface area (Å²) in [6.45, 7) is 0.205. The fourth-order valence-corrected chi connectivity index (χ4v) is 9.62. The summed E-state index contributed by atoms with van der Waals surface area (Å²) in [5.74, 6) is -11.1. The predicted octanol–water partition coefficient (Wildman–Crippen LogP) is 6.71. The normalized spacial score (nSPS) is 18.1. The Bertz CT molecular complexity index is 2960. The molecule has 1 unspecified atom stereocenters. The van der Waals surface area contributed by atoms with Crippen molar-refractivity contribution in [2.45, 2.75) is 49.4 Å². The van der Waals surface area contributed by atoms with E-state index in [1.165, 1.54) is 11.7 Å². The maximum Gasteiger partial charge on any atom is 0.435 e. The minimum absolute atomic E-state index is 0.0456. The summed E-state index contributed by atoms with van der Waals surface area (Å²) < 4.78 is 135. The second-order valence-corrected chi connectivity index (χ2v) is 17.5. The van der Waals surface area contributed by atoms with Gasteiger partial charge in [-0.25, -0.2) is 36.8 Å². The van der Waals surface area contributed by atoms with Crippen molar-refractivity contribution in [3.8, 4) is 11.1 Å². The van der Waals surface area contributed by atoms with Crippen LogP contribution < -0.4 is 15.8 Å². The Balaban J connectivity index is 1.32. The number of alkyl halides is 5. The lowest BCUT2D eigenvalue weighted by Gasteiger charge is -2.29. The van der Waals surface area contributed by atoms with Crippen LogP contribution in [0.25, 0.3) is 32.4 Å². The molecule has 23 heteroatoms. The number of halogens is 7. The minimum atomic E-state index is -5.21. The molecule has 0 bridgehead atoms. The van der Waals surface area contributed by atoms with Gasteiger partial charge >= 0.3 is 6.18 Å². The summed E-state index contributed by atoms with van der Waals surface area (Å²) in [4.78, 5) is 30.4. The van der Waals surface area contributed by atoms with Crippen molar-refractivity contribution in [1.82, 2.24) is 39.5 Å². The first-order valence-electron chi connectivity index (χ1n) is 18.1. The number of nitrogens with one attached hydrogen (secondary N) is 3. The fraction of sp³-hybridized carbons (Fsp3) is 0.297. The molecule has 2 aliphatic rings. The number of sulfonamides is 1. The minimum Gasteiger partial charge on any atom is -0.368 e. The Kier molecular flexibility index (Phi) is 9.00. The number of hydrogen-bond donors (Lipinski definition) is 4. The summed E-state index contributed by atoms with van der Waals surface area (Å²) in [5.41, 5.74) is 3.11. The number of hydrogen-bond acceptors (Lipinski definition) is 10. The van der Waals surface area contributed by atoms with E-state index in [2.05, 4.69) is 35.2 Å². The highest BCUT2D eigenvalue weighted by Gasteiger charge is 2.69. The molecule has 1 saturated carbocycles. The number of primary amides is 1. The van der Waals surface area contributed by atoms with E-state index in [4.69, 9.17) is 10.7 Å². The third-order valence-corrected chi connectivity index (χ3v) is 12.1. The van der Waals surface area contributed by atoms with Crippen molar-refractivity contribution in [3.05, 3.63) is 101 Å². The van der Waals surface area contributed by atoms with E-state index in [1.807, 2.05) is 0 Å². The number of rotatable bonds is 12. The molecule has 0 spiro atoms. The SMILES string of the molecule is Cn1nc(NS(C)(=O)=O)c2cccc(-c3cc4sc(NCc5ncc[nH]5)nc4nc3[C@@H](Cc3cc(F)cc(F)c3)C(C(N)=O)n3nc(C(F)(F)F)c4c3C(F)(F)[C@@H]3C[C@H]43)c21. The maximum absolute atomic E-state index is 16.1. The van der Waals surface area contributed by atoms with E-state index in [0.717, 1.165) is 29.7 Å². The molecule has 60 heavy (non-hydrogen) atoms. The number of thiazole rings is 1. The molecule has 1 fully saturated rings. The monoisotopic (exact) mass is 873 g/mol. The number of fused-ring (bicyclic) bond motifs is 5. The van der Waals surface area contributed by atoms with Crippen LogP contribution in [0.4, 0.5) is 41.7 Å². The number of imidazole rings is 1. The van der Waals surface area contributed by atoms with E-state index >= 15 is 8.78 Å². The first kappa shape index (κ1) is 39.4. The summed E-state index contributed by atoms with van der Waals surface area (Å²) >= 11 is 1.14. The highest BCUT2D eigenvalue weighted by molar-refractivity contribution is 7.92. The van der Waals surface area contributed by atoms with Gasteiger partial charge in [0.15, 0.2) is 22.3 Å².